The molecule has 9 heteroatoms. The molecular formula is C23H48O9. The van der Waals surface area contributed by atoms with E-state index in [0.717, 1.165) is 57.8 Å². The van der Waals surface area contributed by atoms with Crippen LogP contribution in [0.5, 0.6) is 0 Å². The van der Waals surface area contributed by atoms with Crippen LogP contribution in [0.1, 0.15) is 105 Å². The van der Waals surface area contributed by atoms with Gasteiger partial charge in [-0.15, -0.1) is 0 Å². The van der Waals surface area contributed by atoms with Gasteiger partial charge in [0, 0.05) is 24.7 Å². The Morgan fingerprint density at radius 3 is 0.844 bits per heavy atom. The lowest BCUT2D eigenvalue weighted by atomic mass is 9.95. The number of rotatable bonds is 15. The van der Waals surface area contributed by atoms with Crippen molar-refractivity contribution < 1.29 is 45.0 Å². The maximum Gasteiger partial charge on any atom is 0.303 e. The molecule has 0 aromatic rings. The summed E-state index contributed by atoms with van der Waals surface area (Å²) in [6.45, 7) is 7.23. The van der Waals surface area contributed by atoms with Crippen molar-refractivity contribution in [3.05, 3.63) is 0 Å². The van der Waals surface area contributed by atoms with Gasteiger partial charge in [0.15, 0.2) is 0 Å². The van der Waals surface area contributed by atoms with Crippen LogP contribution < -0.4 is 0 Å². The minimum Gasteiger partial charge on any atom is -0.481 e. The van der Waals surface area contributed by atoms with E-state index in [1.54, 1.807) is 6.92 Å². The Balaban J connectivity index is -0.000000163. The van der Waals surface area contributed by atoms with Gasteiger partial charge in [0.1, 0.15) is 0 Å². The lowest BCUT2D eigenvalue weighted by molar-refractivity contribution is -0.138. The highest BCUT2D eigenvalue weighted by atomic mass is 16.4. The lowest BCUT2D eigenvalue weighted by Crippen LogP contribution is -2.29. The second-order valence-corrected chi connectivity index (χ2v) is 7.84. The first kappa shape index (κ1) is 37.6. The molecule has 0 radical (unpaired) electrons. The van der Waals surface area contributed by atoms with Gasteiger partial charge < -0.3 is 30.6 Å². The molecule has 0 amide bonds. The summed E-state index contributed by atoms with van der Waals surface area (Å²) in [5, 5.41) is 49.8. The normalized spacial score (nSPS) is 9.84. The number of hydrogen-bond donors (Lipinski definition) is 6. The Labute approximate surface area is 193 Å². The molecule has 6 N–H and O–H groups in total. The van der Waals surface area contributed by atoms with Crippen LogP contribution in [0.4, 0.5) is 0 Å². The fourth-order valence-electron chi connectivity index (χ4n) is 1.73. The number of carbonyl (C=O) groups is 3. The monoisotopic (exact) mass is 468 g/mol. The van der Waals surface area contributed by atoms with Crippen molar-refractivity contribution in [3.8, 4) is 0 Å². The molecule has 0 atom stereocenters. The average molecular weight is 469 g/mol. The maximum atomic E-state index is 9.87. The molecule has 0 saturated heterocycles. The second kappa shape index (κ2) is 29.3. The highest BCUT2D eigenvalue weighted by Gasteiger charge is 2.20. The number of hydrogen-bond acceptors (Lipinski definition) is 6. The van der Waals surface area contributed by atoms with Gasteiger partial charge in [-0.2, -0.15) is 0 Å². The van der Waals surface area contributed by atoms with E-state index in [2.05, 4.69) is 20.8 Å². The lowest BCUT2D eigenvalue weighted by Gasteiger charge is -2.20. The van der Waals surface area contributed by atoms with Gasteiger partial charge in [-0.05, 0) is 19.3 Å². The van der Waals surface area contributed by atoms with Crippen LogP contribution in [-0.2, 0) is 14.4 Å². The highest BCUT2D eigenvalue weighted by molar-refractivity contribution is 5.67. The predicted molar refractivity (Wildman–Crippen MR) is 125 cm³/mol. The number of aliphatic hydroxyl groups excluding tert-OH is 3. The molecule has 0 bridgehead atoms. The molecular weight excluding hydrogens is 420 g/mol. The van der Waals surface area contributed by atoms with Gasteiger partial charge in [0.2, 0.25) is 0 Å². The summed E-state index contributed by atoms with van der Waals surface area (Å²) in [7, 11) is 0. The first-order valence-corrected chi connectivity index (χ1v) is 11.5. The van der Waals surface area contributed by atoms with Gasteiger partial charge in [0.25, 0.3) is 0 Å². The largest absolute Gasteiger partial charge is 0.481 e. The number of unbranched alkanes of at least 4 members (excludes halogenated alkanes) is 6. The van der Waals surface area contributed by atoms with Crippen molar-refractivity contribution in [2.75, 3.05) is 19.8 Å². The Hall–Kier alpha value is -1.71. The van der Waals surface area contributed by atoms with E-state index in [-0.39, 0.29) is 19.8 Å². The molecule has 0 aromatic heterocycles. The van der Waals surface area contributed by atoms with Gasteiger partial charge in [-0.1, -0.05) is 66.2 Å². The second-order valence-electron chi connectivity index (χ2n) is 7.84. The SMILES string of the molecule is CC(CO)(CO)CO.CCCCCC(=O)O.CCCCCC(=O)O.CCCCCC(=O)O. The third kappa shape index (κ3) is 42.4. The maximum absolute atomic E-state index is 9.87. The molecule has 0 aliphatic carbocycles. The van der Waals surface area contributed by atoms with Crippen LogP contribution in [0.2, 0.25) is 0 Å². The Morgan fingerprint density at radius 1 is 0.531 bits per heavy atom. The summed E-state index contributed by atoms with van der Waals surface area (Å²) in [6, 6.07) is 0. The zero-order valence-electron chi connectivity index (χ0n) is 20.5. The van der Waals surface area contributed by atoms with Gasteiger partial charge in [0.05, 0.1) is 19.8 Å². The number of aliphatic carboxylic acids is 3. The Bertz CT molecular complexity index is 366. The Kier molecular flexibility index (Phi) is 34.4. The standard InChI is InChI=1S/3C6H12O2.C5H12O3/c3*1-2-3-4-5-6(7)8;1-5(2-6,3-7)4-8/h3*2-5H2,1H3,(H,7,8);6-8H,2-4H2,1H3. The van der Waals surface area contributed by atoms with Crippen LogP contribution in [0.3, 0.4) is 0 Å². The van der Waals surface area contributed by atoms with Crippen molar-refractivity contribution in [1.82, 2.24) is 0 Å². The van der Waals surface area contributed by atoms with E-state index in [9.17, 15) is 14.4 Å². The van der Waals surface area contributed by atoms with Gasteiger partial charge in [-0.25, -0.2) is 0 Å². The predicted octanol–water partition coefficient (Wildman–Crippen LogP) is 3.92. The fraction of sp³-hybridized carbons (Fsp3) is 0.870. The van der Waals surface area contributed by atoms with Crippen molar-refractivity contribution in [2.24, 2.45) is 5.41 Å². The van der Waals surface area contributed by atoms with Crippen molar-refractivity contribution >= 4 is 17.9 Å². The smallest absolute Gasteiger partial charge is 0.303 e. The molecule has 194 valence electrons. The molecule has 0 spiro atoms. The summed E-state index contributed by atoms with van der Waals surface area (Å²) in [5.74, 6) is -2.05. The Morgan fingerprint density at radius 2 is 0.750 bits per heavy atom. The topological polar surface area (TPSA) is 173 Å². The molecule has 32 heavy (non-hydrogen) atoms. The molecule has 0 unspecified atom stereocenters. The molecule has 0 aliphatic rings. The van der Waals surface area contributed by atoms with Crippen LogP contribution >= 0.6 is 0 Å². The van der Waals surface area contributed by atoms with Crippen LogP contribution in [0, 0.1) is 5.41 Å². The summed E-state index contributed by atoms with van der Waals surface area (Å²) in [5.41, 5.74) is -0.708. The van der Waals surface area contributed by atoms with E-state index >= 15 is 0 Å². The fourth-order valence-corrected chi connectivity index (χ4v) is 1.73. The highest BCUT2D eigenvalue weighted by Crippen LogP contribution is 2.11. The molecule has 0 fully saturated rings. The summed E-state index contributed by atoms with van der Waals surface area (Å²) in [4.78, 5) is 29.6. The molecule has 9 nitrogen and oxygen atoms in total. The first-order valence-electron chi connectivity index (χ1n) is 11.5. The van der Waals surface area contributed by atoms with E-state index in [4.69, 9.17) is 30.6 Å². The zero-order chi connectivity index (χ0) is 25.8. The zero-order valence-corrected chi connectivity index (χ0v) is 20.5. The molecule has 0 aliphatic heterocycles. The minimum atomic E-state index is -0.708. The minimum absolute atomic E-state index is 0.181. The molecule has 0 rings (SSSR count). The van der Waals surface area contributed by atoms with Crippen LogP contribution in [0.25, 0.3) is 0 Å². The van der Waals surface area contributed by atoms with Crippen molar-refractivity contribution in [2.45, 2.75) is 105 Å². The third-order valence-corrected chi connectivity index (χ3v) is 4.13. The van der Waals surface area contributed by atoms with Crippen molar-refractivity contribution in [3.63, 3.8) is 0 Å². The summed E-state index contributed by atoms with van der Waals surface area (Å²) in [6.07, 6.45) is 9.83. The molecule has 0 heterocycles. The number of aliphatic hydroxyl groups is 3. The van der Waals surface area contributed by atoms with Crippen LogP contribution in [-0.4, -0.2) is 68.4 Å². The van der Waals surface area contributed by atoms with E-state index in [1.165, 1.54) is 0 Å². The molecule has 0 saturated carbocycles. The van der Waals surface area contributed by atoms with E-state index in [0.29, 0.717) is 19.3 Å². The van der Waals surface area contributed by atoms with E-state index < -0.39 is 23.3 Å². The van der Waals surface area contributed by atoms with Gasteiger partial charge in [-0.3, -0.25) is 14.4 Å². The van der Waals surface area contributed by atoms with Crippen LogP contribution in [0.15, 0.2) is 0 Å². The first-order chi connectivity index (χ1) is 15.0. The van der Waals surface area contributed by atoms with Gasteiger partial charge >= 0.3 is 17.9 Å². The van der Waals surface area contributed by atoms with Crippen molar-refractivity contribution in [1.29, 1.82) is 0 Å². The average Bonchev–Trinajstić information content (AvgIpc) is 2.74. The quantitative estimate of drug-likeness (QED) is 0.195. The number of carboxylic acid groups (broad SMARTS) is 3. The summed E-state index contributed by atoms with van der Waals surface area (Å²) < 4.78 is 0. The van der Waals surface area contributed by atoms with E-state index in [1.807, 2.05) is 0 Å². The summed E-state index contributed by atoms with van der Waals surface area (Å²) >= 11 is 0. The molecule has 0 aromatic carbocycles. The number of carboxylic acids is 3. The third-order valence-electron chi connectivity index (χ3n) is 4.13.